The van der Waals surface area contributed by atoms with Gasteiger partial charge in [0.1, 0.15) is 0 Å². The molecular weight excluding hydrogens is 228 g/mol. The van der Waals surface area contributed by atoms with Crippen LogP contribution in [0.1, 0.15) is 39.0 Å². The van der Waals surface area contributed by atoms with Crippen LogP contribution in [0.3, 0.4) is 0 Å². The zero-order valence-corrected chi connectivity index (χ0v) is 11.3. The van der Waals surface area contributed by atoms with Gasteiger partial charge in [-0.05, 0) is 45.2 Å². The van der Waals surface area contributed by atoms with Gasteiger partial charge in [-0.2, -0.15) is 0 Å². The predicted octanol–water partition coefficient (Wildman–Crippen LogP) is 1.41. The Bertz CT molecular complexity index is 347. The van der Waals surface area contributed by atoms with Crippen LogP contribution in [0.4, 0.5) is 0 Å². The molecule has 3 rings (SSSR count). The maximum Gasteiger partial charge on any atom is 0.310 e. The van der Waals surface area contributed by atoms with Crippen molar-refractivity contribution in [2.24, 2.45) is 5.41 Å². The fourth-order valence-electron chi connectivity index (χ4n) is 4.28. The van der Waals surface area contributed by atoms with E-state index in [9.17, 15) is 9.90 Å². The van der Waals surface area contributed by atoms with Gasteiger partial charge in [-0.1, -0.05) is 6.92 Å². The molecule has 0 bridgehead atoms. The van der Waals surface area contributed by atoms with E-state index in [4.69, 9.17) is 0 Å². The molecule has 0 aromatic rings. The molecule has 0 spiro atoms. The van der Waals surface area contributed by atoms with E-state index >= 15 is 0 Å². The lowest BCUT2D eigenvalue weighted by Crippen LogP contribution is -2.43. The van der Waals surface area contributed by atoms with Crippen molar-refractivity contribution in [2.75, 3.05) is 26.2 Å². The molecule has 0 aromatic heterocycles. The molecule has 0 aromatic carbocycles. The van der Waals surface area contributed by atoms with Gasteiger partial charge in [-0.3, -0.25) is 14.6 Å². The third-order valence-electron chi connectivity index (χ3n) is 5.55. The molecule has 3 saturated heterocycles. The Labute approximate surface area is 109 Å². The van der Waals surface area contributed by atoms with Crippen LogP contribution in [0.5, 0.6) is 0 Å². The Hall–Kier alpha value is -0.610. The summed E-state index contributed by atoms with van der Waals surface area (Å²) in [6.45, 7) is 6.25. The Morgan fingerprint density at radius 2 is 2.00 bits per heavy atom. The monoisotopic (exact) mass is 252 g/mol. The van der Waals surface area contributed by atoms with Crippen LogP contribution in [0, 0.1) is 5.41 Å². The molecule has 4 nitrogen and oxygen atoms in total. The van der Waals surface area contributed by atoms with E-state index in [0.29, 0.717) is 12.1 Å². The molecule has 3 aliphatic rings. The fraction of sp³-hybridized carbons (Fsp3) is 0.929. The van der Waals surface area contributed by atoms with E-state index in [0.717, 1.165) is 25.9 Å². The molecule has 3 aliphatic heterocycles. The van der Waals surface area contributed by atoms with Crippen LogP contribution >= 0.6 is 0 Å². The highest BCUT2D eigenvalue weighted by Crippen LogP contribution is 2.39. The Balaban J connectivity index is 1.70. The van der Waals surface area contributed by atoms with Crippen LogP contribution in [0.2, 0.25) is 0 Å². The van der Waals surface area contributed by atoms with Gasteiger partial charge in [0.25, 0.3) is 0 Å². The Kier molecular flexibility index (Phi) is 3.10. The quantitative estimate of drug-likeness (QED) is 0.825. The maximum atomic E-state index is 11.5. The van der Waals surface area contributed by atoms with Crippen molar-refractivity contribution in [3.05, 3.63) is 0 Å². The molecule has 4 heteroatoms. The zero-order valence-electron chi connectivity index (χ0n) is 11.3. The van der Waals surface area contributed by atoms with Crippen molar-refractivity contribution < 1.29 is 9.90 Å². The van der Waals surface area contributed by atoms with Gasteiger partial charge in [0, 0.05) is 25.2 Å². The van der Waals surface area contributed by atoms with E-state index in [1.807, 2.05) is 6.92 Å². The molecule has 0 aliphatic carbocycles. The van der Waals surface area contributed by atoms with Crippen molar-refractivity contribution in [1.82, 2.24) is 9.80 Å². The van der Waals surface area contributed by atoms with Crippen LogP contribution < -0.4 is 0 Å². The number of fused-ring (bicyclic) bond motifs is 1. The van der Waals surface area contributed by atoms with Crippen LogP contribution in [-0.2, 0) is 4.79 Å². The average molecular weight is 252 g/mol. The molecule has 0 radical (unpaired) electrons. The first kappa shape index (κ1) is 12.4. The Morgan fingerprint density at radius 1 is 1.22 bits per heavy atom. The molecule has 1 N–H and O–H groups in total. The molecule has 102 valence electrons. The molecule has 0 saturated carbocycles. The van der Waals surface area contributed by atoms with Gasteiger partial charge in [-0.15, -0.1) is 0 Å². The minimum absolute atomic E-state index is 0.466. The SMILES string of the molecule is CCC1(C(=O)O)CCN(C2CCN3CCCC23)C1. The number of hydrogen-bond donors (Lipinski definition) is 1. The van der Waals surface area contributed by atoms with E-state index < -0.39 is 11.4 Å². The summed E-state index contributed by atoms with van der Waals surface area (Å²) in [5.41, 5.74) is -0.466. The maximum absolute atomic E-state index is 11.5. The summed E-state index contributed by atoms with van der Waals surface area (Å²) in [6.07, 6.45) is 5.48. The lowest BCUT2D eigenvalue weighted by molar-refractivity contribution is -0.148. The fourth-order valence-corrected chi connectivity index (χ4v) is 4.28. The first-order valence-electron chi connectivity index (χ1n) is 7.38. The number of carbonyl (C=O) groups is 1. The van der Waals surface area contributed by atoms with Crippen LogP contribution in [0.25, 0.3) is 0 Å². The van der Waals surface area contributed by atoms with E-state index in [-0.39, 0.29) is 0 Å². The number of likely N-dealkylation sites (tertiary alicyclic amines) is 1. The third kappa shape index (κ3) is 1.77. The van der Waals surface area contributed by atoms with E-state index in [1.54, 1.807) is 0 Å². The molecule has 3 unspecified atom stereocenters. The predicted molar refractivity (Wildman–Crippen MR) is 69.5 cm³/mol. The van der Waals surface area contributed by atoms with Crippen molar-refractivity contribution in [3.63, 3.8) is 0 Å². The van der Waals surface area contributed by atoms with E-state index in [1.165, 1.54) is 32.4 Å². The van der Waals surface area contributed by atoms with Gasteiger partial charge in [-0.25, -0.2) is 0 Å². The number of hydrogen-bond acceptors (Lipinski definition) is 3. The number of carboxylic acids is 1. The summed E-state index contributed by atoms with van der Waals surface area (Å²) in [6, 6.07) is 1.34. The summed E-state index contributed by atoms with van der Waals surface area (Å²) in [4.78, 5) is 16.6. The second kappa shape index (κ2) is 4.49. The van der Waals surface area contributed by atoms with Crippen LogP contribution in [0.15, 0.2) is 0 Å². The molecule has 18 heavy (non-hydrogen) atoms. The second-order valence-electron chi connectivity index (χ2n) is 6.26. The summed E-state index contributed by atoms with van der Waals surface area (Å²) in [5, 5.41) is 9.47. The molecule has 3 heterocycles. The molecular formula is C14H24N2O2. The largest absolute Gasteiger partial charge is 0.481 e. The van der Waals surface area contributed by atoms with Crippen molar-refractivity contribution in [2.45, 2.75) is 51.1 Å². The first-order valence-corrected chi connectivity index (χ1v) is 7.38. The third-order valence-corrected chi connectivity index (χ3v) is 5.55. The van der Waals surface area contributed by atoms with Gasteiger partial charge in [0.15, 0.2) is 0 Å². The lowest BCUT2D eigenvalue weighted by atomic mass is 9.84. The van der Waals surface area contributed by atoms with Crippen LogP contribution in [-0.4, -0.2) is 59.1 Å². The highest BCUT2D eigenvalue weighted by atomic mass is 16.4. The summed E-state index contributed by atoms with van der Waals surface area (Å²) >= 11 is 0. The Morgan fingerprint density at radius 3 is 2.67 bits per heavy atom. The van der Waals surface area contributed by atoms with Crippen molar-refractivity contribution in [1.29, 1.82) is 0 Å². The van der Waals surface area contributed by atoms with Gasteiger partial charge in [0.2, 0.25) is 0 Å². The van der Waals surface area contributed by atoms with E-state index in [2.05, 4.69) is 9.80 Å². The van der Waals surface area contributed by atoms with Gasteiger partial charge in [0.05, 0.1) is 5.41 Å². The molecule has 3 fully saturated rings. The first-order chi connectivity index (χ1) is 8.66. The standard InChI is InChI=1S/C14H24N2O2/c1-2-14(13(17)18)6-9-16(10-14)12-5-8-15-7-3-4-11(12)15/h11-12H,2-10H2,1H3,(H,17,18). The lowest BCUT2D eigenvalue weighted by Gasteiger charge is -2.31. The van der Waals surface area contributed by atoms with Gasteiger partial charge >= 0.3 is 5.97 Å². The molecule has 3 atom stereocenters. The summed E-state index contributed by atoms with van der Waals surface area (Å²) in [5.74, 6) is -0.589. The highest BCUT2D eigenvalue weighted by molar-refractivity contribution is 5.75. The van der Waals surface area contributed by atoms with Crippen molar-refractivity contribution in [3.8, 4) is 0 Å². The summed E-state index contributed by atoms with van der Waals surface area (Å²) in [7, 11) is 0. The smallest absolute Gasteiger partial charge is 0.310 e. The highest BCUT2D eigenvalue weighted by Gasteiger charge is 2.48. The number of aliphatic carboxylic acids is 1. The van der Waals surface area contributed by atoms with Crippen molar-refractivity contribution >= 4 is 5.97 Å². The number of nitrogens with zero attached hydrogens (tertiary/aromatic N) is 2. The molecule has 0 amide bonds. The average Bonchev–Trinajstić information content (AvgIpc) is 3.03. The zero-order chi connectivity index (χ0) is 12.8. The normalized spacial score (nSPS) is 41.4. The minimum Gasteiger partial charge on any atom is -0.481 e. The summed E-state index contributed by atoms with van der Waals surface area (Å²) < 4.78 is 0. The number of rotatable bonds is 3. The second-order valence-corrected chi connectivity index (χ2v) is 6.26. The van der Waals surface area contributed by atoms with Gasteiger partial charge < -0.3 is 5.11 Å². The topological polar surface area (TPSA) is 43.8 Å². The number of carboxylic acid groups (broad SMARTS) is 1. The minimum atomic E-state index is -0.589.